The molecular formula is C46H39ClN6O5. The minimum Gasteiger partial charge on any atom is -0.465 e. The summed E-state index contributed by atoms with van der Waals surface area (Å²) in [4.78, 5) is 37.6. The molecule has 1 heterocycles. The summed E-state index contributed by atoms with van der Waals surface area (Å²) in [5, 5.41) is 28.3. The number of carbonyl (C=O) groups is 2. The first-order valence-corrected chi connectivity index (χ1v) is 19.1. The quantitative estimate of drug-likeness (QED) is 0.0497. The Bertz CT molecular complexity index is 2450. The Morgan fingerprint density at radius 1 is 0.810 bits per heavy atom. The molecule has 12 heteroatoms. The zero-order chi connectivity index (χ0) is 40.6. The minimum absolute atomic E-state index is 0.0312. The molecular weight excluding hydrogens is 752 g/mol. The maximum Gasteiger partial charge on any atom is 0.340 e. The van der Waals surface area contributed by atoms with E-state index >= 15 is 0 Å². The number of carbonyl (C=O) groups excluding carboxylic acids is 2. The number of amides is 1. The number of hydrogen-bond acceptors (Lipinski definition) is 8. The van der Waals surface area contributed by atoms with Crippen LogP contribution in [-0.4, -0.2) is 44.1 Å². The van der Waals surface area contributed by atoms with Crippen molar-refractivity contribution in [3.05, 3.63) is 195 Å². The molecule has 58 heavy (non-hydrogen) atoms. The van der Waals surface area contributed by atoms with Crippen LogP contribution in [0.2, 0.25) is 5.02 Å². The fraction of sp³-hybridized carbons (Fsp3) is 0.152. The highest BCUT2D eigenvalue weighted by molar-refractivity contribution is 6.31. The highest BCUT2D eigenvalue weighted by Gasteiger charge is 2.42. The van der Waals surface area contributed by atoms with Crippen molar-refractivity contribution in [3.8, 4) is 22.5 Å². The lowest BCUT2D eigenvalue weighted by Gasteiger charge is -2.36. The molecule has 1 aromatic heterocycles. The third kappa shape index (κ3) is 7.72. The van der Waals surface area contributed by atoms with Gasteiger partial charge in [-0.15, -0.1) is 5.10 Å². The summed E-state index contributed by atoms with van der Waals surface area (Å²) in [6.45, 7) is 1.96. The lowest BCUT2D eigenvalue weighted by molar-refractivity contribution is -0.383. The second kappa shape index (κ2) is 17.4. The van der Waals surface area contributed by atoms with Gasteiger partial charge in [-0.05, 0) is 62.7 Å². The fourth-order valence-electron chi connectivity index (χ4n) is 7.56. The monoisotopic (exact) mass is 790 g/mol. The Labute approximate surface area is 340 Å². The zero-order valence-corrected chi connectivity index (χ0v) is 32.5. The molecule has 0 saturated heterocycles. The van der Waals surface area contributed by atoms with Gasteiger partial charge in [0, 0.05) is 22.6 Å². The molecule has 1 unspecified atom stereocenters. The Balaban J connectivity index is 1.24. The topological polar surface area (TPSA) is 142 Å². The van der Waals surface area contributed by atoms with Crippen LogP contribution < -0.4 is 5.32 Å². The van der Waals surface area contributed by atoms with Crippen LogP contribution in [0.15, 0.2) is 152 Å². The number of nitro groups is 1. The average Bonchev–Trinajstić information content (AvgIpc) is 3.75. The predicted molar refractivity (Wildman–Crippen MR) is 223 cm³/mol. The second-order valence-electron chi connectivity index (χ2n) is 13.7. The van der Waals surface area contributed by atoms with Crippen LogP contribution in [0.5, 0.6) is 0 Å². The summed E-state index contributed by atoms with van der Waals surface area (Å²) in [5.74, 6) is -1.31. The number of nitro benzene ring substituents is 1. The van der Waals surface area contributed by atoms with Crippen LogP contribution in [0, 0.1) is 16.0 Å². The first-order valence-electron chi connectivity index (χ1n) is 18.8. The van der Waals surface area contributed by atoms with E-state index in [1.165, 1.54) is 6.07 Å². The molecule has 11 nitrogen and oxygen atoms in total. The van der Waals surface area contributed by atoms with E-state index in [-0.39, 0.29) is 16.3 Å². The van der Waals surface area contributed by atoms with Gasteiger partial charge >= 0.3 is 5.97 Å². The number of ether oxygens (including phenoxy) is 1. The van der Waals surface area contributed by atoms with E-state index in [1.807, 2.05) is 115 Å². The standard InChI is InChI=1S/C46H39ClN6O5/c1-3-15-33(44(54)48-42-40(45(55)58-2)29-37(47)30-41(42)53(56)57)28-31-24-26-32(27-25-31)38-22-13-14-23-39(38)43-49-50-51-52(43)46(34-16-7-4-8-17-34,35-18-9-5-10-19-35)36-20-11-6-12-21-36/h4-14,16-27,29-30,33H,3,15,28H2,1-2H3,(H,48,54). The van der Waals surface area contributed by atoms with Crippen LogP contribution in [0.25, 0.3) is 22.5 Å². The molecule has 0 aliphatic carbocycles. The molecule has 290 valence electrons. The second-order valence-corrected chi connectivity index (χ2v) is 14.2. The third-order valence-electron chi connectivity index (χ3n) is 10.2. The number of aromatic nitrogens is 4. The summed E-state index contributed by atoms with van der Waals surface area (Å²) < 4.78 is 6.74. The van der Waals surface area contributed by atoms with Crippen LogP contribution >= 0.6 is 11.6 Å². The van der Waals surface area contributed by atoms with E-state index in [4.69, 9.17) is 21.6 Å². The highest BCUT2D eigenvalue weighted by Crippen LogP contribution is 2.43. The molecule has 0 aliphatic rings. The SMILES string of the molecule is CCCC(Cc1ccc(-c2ccccc2-c2nnnn2C(c2ccccc2)(c2ccccc2)c2ccccc2)cc1)C(=O)Nc1c(C(=O)OC)cc(Cl)cc1[N+](=O)[O-]. The maximum atomic E-state index is 13.8. The van der Waals surface area contributed by atoms with Crippen molar-refractivity contribution in [2.24, 2.45) is 5.92 Å². The number of esters is 1. The first kappa shape index (κ1) is 39.3. The van der Waals surface area contributed by atoms with Gasteiger partial charge in [-0.1, -0.05) is 164 Å². The number of nitrogens with zero attached hydrogens (tertiary/aromatic N) is 5. The van der Waals surface area contributed by atoms with Crippen LogP contribution in [0.1, 0.15) is 52.4 Å². The molecule has 1 atom stereocenters. The number of benzene rings is 6. The number of halogens is 1. The summed E-state index contributed by atoms with van der Waals surface area (Å²) in [5.41, 5.74) is 4.59. The molecule has 0 spiro atoms. The Hall–Kier alpha value is -6.98. The van der Waals surface area contributed by atoms with E-state index < -0.39 is 33.9 Å². The summed E-state index contributed by atoms with van der Waals surface area (Å²) in [6.07, 6.45) is 1.53. The summed E-state index contributed by atoms with van der Waals surface area (Å²) in [6, 6.07) is 48.9. The first-order chi connectivity index (χ1) is 28.3. The normalized spacial score (nSPS) is 11.8. The molecule has 0 fully saturated rings. The Morgan fingerprint density at radius 3 is 1.90 bits per heavy atom. The van der Waals surface area contributed by atoms with Crippen molar-refractivity contribution in [2.45, 2.75) is 31.7 Å². The van der Waals surface area contributed by atoms with Crippen molar-refractivity contribution in [1.29, 1.82) is 0 Å². The van der Waals surface area contributed by atoms with Gasteiger partial charge in [-0.3, -0.25) is 14.9 Å². The lowest BCUT2D eigenvalue weighted by Crippen LogP contribution is -2.39. The smallest absolute Gasteiger partial charge is 0.340 e. The molecule has 1 amide bonds. The molecule has 0 aliphatic heterocycles. The molecule has 0 bridgehead atoms. The number of rotatable bonds is 14. The van der Waals surface area contributed by atoms with E-state index in [0.717, 1.165) is 52.1 Å². The molecule has 7 rings (SSSR count). The zero-order valence-electron chi connectivity index (χ0n) is 31.8. The molecule has 0 saturated carbocycles. The lowest BCUT2D eigenvalue weighted by atomic mass is 9.77. The number of anilines is 1. The fourth-order valence-corrected chi connectivity index (χ4v) is 7.77. The van der Waals surface area contributed by atoms with Gasteiger partial charge in [-0.25, -0.2) is 9.48 Å². The van der Waals surface area contributed by atoms with Gasteiger partial charge in [0.05, 0.1) is 17.6 Å². The van der Waals surface area contributed by atoms with Gasteiger partial charge in [0.15, 0.2) is 5.82 Å². The summed E-state index contributed by atoms with van der Waals surface area (Å²) in [7, 11) is 1.15. The number of hydrogen-bond donors (Lipinski definition) is 1. The third-order valence-corrected chi connectivity index (χ3v) is 10.4. The largest absolute Gasteiger partial charge is 0.465 e. The predicted octanol–water partition coefficient (Wildman–Crippen LogP) is 9.79. The van der Waals surface area contributed by atoms with Crippen LogP contribution in [0.4, 0.5) is 11.4 Å². The van der Waals surface area contributed by atoms with Crippen molar-refractivity contribution in [2.75, 3.05) is 12.4 Å². The van der Waals surface area contributed by atoms with Crippen molar-refractivity contribution in [1.82, 2.24) is 20.2 Å². The van der Waals surface area contributed by atoms with E-state index in [9.17, 15) is 19.7 Å². The minimum atomic E-state index is -0.932. The average molecular weight is 791 g/mol. The number of nitrogens with one attached hydrogen (secondary N) is 1. The van der Waals surface area contributed by atoms with Crippen molar-refractivity contribution in [3.63, 3.8) is 0 Å². The molecule has 1 N–H and O–H groups in total. The summed E-state index contributed by atoms with van der Waals surface area (Å²) >= 11 is 6.09. The number of methoxy groups -OCH3 is 1. The van der Waals surface area contributed by atoms with Crippen LogP contribution in [0.3, 0.4) is 0 Å². The molecule has 7 aromatic rings. The highest BCUT2D eigenvalue weighted by atomic mass is 35.5. The van der Waals surface area contributed by atoms with E-state index in [2.05, 4.69) is 52.0 Å². The number of tetrazole rings is 1. The van der Waals surface area contributed by atoms with Gasteiger partial charge < -0.3 is 10.1 Å². The molecule has 6 aromatic carbocycles. The van der Waals surface area contributed by atoms with Crippen molar-refractivity contribution >= 4 is 34.9 Å². The van der Waals surface area contributed by atoms with Gasteiger partial charge in [0.2, 0.25) is 5.91 Å². The van der Waals surface area contributed by atoms with Crippen LogP contribution in [-0.2, 0) is 21.5 Å². The maximum absolute atomic E-state index is 13.8. The Morgan fingerprint density at radius 2 is 1.36 bits per heavy atom. The van der Waals surface area contributed by atoms with Gasteiger partial charge in [-0.2, -0.15) is 0 Å². The Kier molecular flexibility index (Phi) is 11.8. The van der Waals surface area contributed by atoms with E-state index in [0.29, 0.717) is 25.1 Å². The van der Waals surface area contributed by atoms with E-state index in [1.54, 1.807) is 0 Å². The molecule has 0 radical (unpaired) electrons. The van der Waals surface area contributed by atoms with Gasteiger partial charge in [0.25, 0.3) is 5.69 Å². The van der Waals surface area contributed by atoms with Gasteiger partial charge in [0.1, 0.15) is 11.2 Å². The van der Waals surface area contributed by atoms with Crippen molar-refractivity contribution < 1.29 is 19.2 Å².